The topological polar surface area (TPSA) is 61.0 Å². The van der Waals surface area contributed by atoms with Gasteiger partial charge in [0.05, 0.1) is 5.69 Å². The van der Waals surface area contributed by atoms with E-state index in [2.05, 4.69) is 77.5 Å². The van der Waals surface area contributed by atoms with Crippen molar-refractivity contribution in [1.29, 1.82) is 0 Å². The average Bonchev–Trinajstić information content (AvgIpc) is 3.66. The second-order valence-electron chi connectivity index (χ2n) is 10.4. The van der Waals surface area contributed by atoms with Crippen molar-refractivity contribution in [2.24, 2.45) is 11.8 Å². The summed E-state index contributed by atoms with van der Waals surface area (Å²) in [6.07, 6.45) is 6.99. The van der Waals surface area contributed by atoms with Crippen LogP contribution in [0.3, 0.4) is 0 Å². The van der Waals surface area contributed by atoms with Gasteiger partial charge >= 0.3 is 0 Å². The Morgan fingerprint density at radius 3 is 2.34 bits per heavy atom. The number of aromatic nitrogens is 3. The molecule has 178 valence electrons. The molecule has 2 saturated carbocycles. The molecule has 2 bridgehead atoms. The summed E-state index contributed by atoms with van der Waals surface area (Å²) in [5, 5.41) is 4.19. The smallest absolute Gasteiger partial charge is 0.229 e. The number of benzene rings is 2. The van der Waals surface area contributed by atoms with Gasteiger partial charge in [0.25, 0.3) is 0 Å². The maximum Gasteiger partial charge on any atom is 0.229 e. The zero-order valence-electron chi connectivity index (χ0n) is 20.4. The van der Waals surface area contributed by atoms with Gasteiger partial charge in [0, 0.05) is 23.1 Å². The van der Waals surface area contributed by atoms with Crippen molar-refractivity contribution in [1.82, 2.24) is 15.1 Å². The predicted molar refractivity (Wildman–Crippen MR) is 135 cm³/mol. The first-order chi connectivity index (χ1) is 17.1. The average molecular weight is 466 g/mol. The maximum atomic E-state index is 6.01. The van der Waals surface area contributed by atoms with Crippen LogP contribution in [0, 0.1) is 11.8 Å². The molecule has 0 radical (unpaired) electrons. The molecular formula is C30H31N3O2. The lowest BCUT2D eigenvalue weighted by molar-refractivity contribution is 0.299. The molecule has 4 aromatic rings. The fourth-order valence-corrected chi connectivity index (χ4v) is 6.20. The first kappa shape index (κ1) is 22.0. The normalized spacial score (nSPS) is 23.2. The summed E-state index contributed by atoms with van der Waals surface area (Å²) < 4.78 is 11.4. The van der Waals surface area contributed by atoms with Crippen LogP contribution < -0.4 is 4.74 Å². The van der Waals surface area contributed by atoms with Gasteiger partial charge in [-0.2, -0.15) is 4.98 Å². The Bertz CT molecular complexity index is 1280. The molecule has 2 fully saturated rings. The SMILES string of the molecule is CC(C)c1nc(-c2ccc([C@]3(c4ccc(OCc5ccccn5)cc4)C[C@@H]4CC[C@H]3C4)cc2)no1. The molecule has 3 atom stereocenters. The summed E-state index contributed by atoms with van der Waals surface area (Å²) >= 11 is 0. The molecule has 0 spiro atoms. The van der Waals surface area contributed by atoms with Crippen molar-refractivity contribution in [3.8, 4) is 17.1 Å². The standard InChI is InChI=1S/C30H31N3O2/c1-20(2)29-32-28(33-35-29)22-7-10-23(11-8-22)30(18-21-6-9-25(30)17-21)24-12-14-27(15-13-24)34-19-26-5-3-4-16-31-26/h3-5,7-8,10-16,20-21,25H,6,9,17-19H2,1-2H3/t21-,25+,30+/m1/s1. The Morgan fingerprint density at radius 2 is 1.74 bits per heavy atom. The van der Waals surface area contributed by atoms with Gasteiger partial charge in [-0.3, -0.25) is 4.98 Å². The Morgan fingerprint density at radius 1 is 0.971 bits per heavy atom. The molecule has 35 heavy (non-hydrogen) atoms. The van der Waals surface area contributed by atoms with Crippen LogP contribution in [0.1, 0.15) is 68.2 Å². The molecule has 0 saturated heterocycles. The molecule has 2 aliphatic rings. The molecule has 6 rings (SSSR count). The lowest BCUT2D eigenvalue weighted by Crippen LogP contribution is -2.34. The highest BCUT2D eigenvalue weighted by molar-refractivity contribution is 5.57. The number of nitrogens with zero attached hydrogens (tertiary/aromatic N) is 3. The van der Waals surface area contributed by atoms with Gasteiger partial charge in [0.15, 0.2) is 0 Å². The predicted octanol–water partition coefficient (Wildman–Crippen LogP) is 6.94. The highest BCUT2D eigenvalue weighted by Crippen LogP contribution is 2.60. The number of ether oxygens (including phenoxy) is 1. The van der Waals surface area contributed by atoms with Crippen LogP contribution in [-0.2, 0) is 12.0 Å². The maximum absolute atomic E-state index is 6.01. The van der Waals surface area contributed by atoms with Crippen molar-refractivity contribution in [3.05, 3.63) is 95.6 Å². The molecule has 0 unspecified atom stereocenters. The van der Waals surface area contributed by atoms with Crippen LogP contribution in [0.25, 0.3) is 11.4 Å². The minimum Gasteiger partial charge on any atom is -0.487 e. The minimum absolute atomic E-state index is 0.0569. The third-order valence-electron chi connectivity index (χ3n) is 7.92. The quantitative estimate of drug-likeness (QED) is 0.296. The Hall–Kier alpha value is -3.47. The number of fused-ring (bicyclic) bond motifs is 2. The molecule has 2 aromatic heterocycles. The third-order valence-corrected chi connectivity index (χ3v) is 7.92. The van der Waals surface area contributed by atoms with Crippen molar-refractivity contribution < 1.29 is 9.26 Å². The van der Waals surface area contributed by atoms with Gasteiger partial charge in [0.2, 0.25) is 11.7 Å². The summed E-state index contributed by atoms with van der Waals surface area (Å²) in [7, 11) is 0. The molecule has 2 heterocycles. The van der Waals surface area contributed by atoms with Crippen molar-refractivity contribution in [2.75, 3.05) is 0 Å². The molecule has 0 aliphatic heterocycles. The van der Waals surface area contributed by atoms with E-state index in [0.717, 1.165) is 22.9 Å². The van der Waals surface area contributed by atoms with Crippen LogP contribution in [0.4, 0.5) is 0 Å². The van der Waals surface area contributed by atoms with Crippen molar-refractivity contribution >= 4 is 0 Å². The van der Waals surface area contributed by atoms with E-state index in [9.17, 15) is 0 Å². The lowest BCUT2D eigenvalue weighted by atomic mass is 9.64. The van der Waals surface area contributed by atoms with E-state index in [1.807, 2.05) is 18.2 Å². The summed E-state index contributed by atoms with van der Waals surface area (Å²) in [6, 6.07) is 23.6. The van der Waals surface area contributed by atoms with Crippen molar-refractivity contribution in [2.45, 2.75) is 57.5 Å². The number of hydrogen-bond donors (Lipinski definition) is 0. The number of rotatable bonds is 7. The molecule has 2 aliphatic carbocycles. The second kappa shape index (κ2) is 8.95. The van der Waals surface area contributed by atoms with Gasteiger partial charge in [-0.05, 0) is 66.5 Å². The second-order valence-corrected chi connectivity index (χ2v) is 10.4. The fraction of sp³-hybridized carbons (Fsp3) is 0.367. The van der Waals surface area contributed by atoms with E-state index in [1.54, 1.807) is 6.20 Å². The Kier molecular flexibility index (Phi) is 5.63. The van der Waals surface area contributed by atoms with E-state index in [4.69, 9.17) is 9.26 Å². The van der Waals surface area contributed by atoms with Crippen molar-refractivity contribution in [3.63, 3.8) is 0 Å². The minimum atomic E-state index is 0.0569. The Balaban J connectivity index is 1.27. The molecule has 0 N–H and O–H groups in total. The number of hydrogen-bond acceptors (Lipinski definition) is 5. The highest BCUT2D eigenvalue weighted by Gasteiger charge is 2.52. The van der Waals surface area contributed by atoms with Crippen LogP contribution in [-0.4, -0.2) is 15.1 Å². The van der Waals surface area contributed by atoms with Gasteiger partial charge < -0.3 is 9.26 Å². The first-order valence-corrected chi connectivity index (χ1v) is 12.7. The highest BCUT2D eigenvalue weighted by atomic mass is 16.5. The van der Waals surface area contributed by atoms with Crippen LogP contribution >= 0.6 is 0 Å². The molecule has 2 aromatic carbocycles. The first-order valence-electron chi connectivity index (χ1n) is 12.7. The van der Waals surface area contributed by atoms with Crippen LogP contribution in [0.5, 0.6) is 5.75 Å². The summed E-state index contributed by atoms with van der Waals surface area (Å²) in [5.41, 5.74) is 4.78. The van der Waals surface area contributed by atoms with Gasteiger partial charge in [-0.25, -0.2) is 0 Å². The molecule has 5 heteroatoms. The fourth-order valence-electron chi connectivity index (χ4n) is 6.20. The van der Waals surface area contributed by atoms with Gasteiger partial charge in [-0.1, -0.05) is 67.9 Å². The monoisotopic (exact) mass is 465 g/mol. The van der Waals surface area contributed by atoms with Crippen LogP contribution in [0.15, 0.2) is 77.4 Å². The zero-order chi connectivity index (χ0) is 23.8. The Labute approximate surface area is 206 Å². The summed E-state index contributed by atoms with van der Waals surface area (Å²) in [5.74, 6) is 3.94. The van der Waals surface area contributed by atoms with E-state index in [1.165, 1.54) is 36.8 Å². The van der Waals surface area contributed by atoms with E-state index < -0.39 is 0 Å². The number of pyridine rings is 1. The molecule has 0 amide bonds. The summed E-state index contributed by atoms with van der Waals surface area (Å²) in [4.78, 5) is 8.92. The lowest BCUT2D eigenvalue weighted by Gasteiger charge is -2.39. The van der Waals surface area contributed by atoms with E-state index >= 15 is 0 Å². The van der Waals surface area contributed by atoms with E-state index in [-0.39, 0.29) is 11.3 Å². The molecule has 5 nitrogen and oxygen atoms in total. The van der Waals surface area contributed by atoms with E-state index in [0.29, 0.717) is 24.2 Å². The zero-order valence-corrected chi connectivity index (χ0v) is 20.4. The summed E-state index contributed by atoms with van der Waals surface area (Å²) in [6.45, 7) is 4.61. The largest absolute Gasteiger partial charge is 0.487 e. The molecular weight excluding hydrogens is 434 g/mol. The third kappa shape index (κ3) is 4.03. The van der Waals surface area contributed by atoms with Crippen LogP contribution in [0.2, 0.25) is 0 Å². The van der Waals surface area contributed by atoms with Gasteiger partial charge in [0.1, 0.15) is 12.4 Å². The van der Waals surface area contributed by atoms with Gasteiger partial charge in [-0.15, -0.1) is 0 Å².